The number of nitrogens with one attached hydrogen (secondary N) is 1. The number of anilines is 2. The molecule has 1 aromatic rings. The van der Waals surface area contributed by atoms with Crippen molar-refractivity contribution in [3.05, 3.63) is 10.8 Å². The number of nitrogen functional groups attached to an aromatic ring is 2. The van der Waals surface area contributed by atoms with Crippen LogP contribution in [0, 0.1) is 0 Å². The molecule has 0 unspecified atom stereocenters. The monoisotopic (exact) mass is 285 g/mol. The van der Waals surface area contributed by atoms with Crippen molar-refractivity contribution in [2.24, 2.45) is 10.7 Å². The first-order valence-corrected chi connectivity index (χ1v) is 6.03. The van der Waals surface area contributed by atoms with Crippen LogP contribution in [0.15, 0.2) is 4.99 Å². The first kappa shape index (κ1) is 15.0. The summed E-state index contributed by atoms with van der Waals surface area (Å²) in [6, 6.07) is 0. The van der Waals surface area contributed by atoms with E-state index in [0.717, 1.165) is 12.8 Å². The molecule has 9 heteroatoms. The third kappa shape index (κ3) is 4.25. The molecule has 7 N–H and O–H groups in total. The largest absolute Gasteiger partial charge is 0.382 e. The fraction of sp³-hybridized carbons (Fsp3) is 0.400. The van der Waals surface area contributed by atoms with E-state index >= 15 is 0 Å². The number of nitrogens with two attached hydrogens (primary N) is 3. The molecule has 0 aliphatic carbocycles. The average Bonchev–Trinajstić information content (AvgIpc) is 2.34. The second-order valence-corrected chi connectivity index (χ2v) is 4.07. The first-order valence-electron chi connectivity index (χ1n) is 5.65. The minimum atomic E-state index is -0.635. The van der Waals surface area contributed by atoms with Gasteiger partial charge in [-0.1, -0.05) is 24.9 Å². The van der Waals surface area contributed by atoms with Crippen molar-refractivity contribution in [1.29, 1.82) is 0 Å². The molecule has 104 valence electrons. The predicted molar refractivity (Wildman–Crippen MR) is 74.7 cm³/mol. The Bertz CT molecular complexity index is 503. The van der Waals surface area contributed by atoms with Crippen molar-refractivity contribution in [3.63, 3.8) is 0 Å². The fourth-order valence-electron chi connectivity index (χ4n) is 1.18. The molecule has 1 heterocycles. The van der Waals surface area contributed by atoms with Gasteiger partial charge < -0.3 is 17.2 Å². The van der Waals surface area contributed by atoms with Gasteiger partial charge in [-0.25, -0.2) is 9.97 Å². The lowest BCUT2D eigenvalue weighted by molar-refractivity contribution is 0.0972. The Kier molecular flexibility index (Phi) is 5.31. The number of carbonyl (C=O) groups is 1. The topological polar surface area (TPSA) is 145 Å². The molecule has 0 radical (unpaired) electrons. The van der Waals surface area contributed by atoms with Crippen LogP contribution in [0.5, 0.6) is 0 Å². The van der Waals surface area contributed by atoms with Gasteiger partial charge in [0.15, 0.2) is 28.4 Å². The van der Waals surface area contributed by atoms with E-state index in [2.05, 4.69) is 20.3 Å². The summed E-state index contributed by atoms with van der Waals surface area (Å²) < 4.78 is 0. The molecule has 0 atom stereocenters. The summed E-state index contributed by atoms with van der Waals surface area (Å²) in [7, 11) is 0. The van der Waals surface area contributed by atoms with E-state index in [1.54, 1.807) is 0 Å². The van der Waals surface area contributed by atoms with E-state index < -0.39 is 5.91 Å². The highest BCUT2D eigenvalue weighted by molar-refractivity contribution is 6.31. The predicted octanol–water partition coefficient (Wildman–Crippen LogP) is 0.139. The lowest BCUT2D eigenvalue weighted by atomic mass is 10.3. The highest BCUT2D eigenvalue weighted by Gasteiger charge is 2.16. The van der Waals surface area contributed by atoms with Gasteiger partial charge in [-0.3, -0.25) is 15.1 Å². The number of aliphatic imine (C=N–C) groups is 1. The normalized spacial score (nSPS) is 11.4. The molecule has 1 aromatic heterocycles. The van der Waals surface area contributed by atoms with Crippen molar-refractivity contribution in [1.82, 2.24) is 15.3 Å². The molecule has 0 aromatic carbocycles. The summed E-state index contributed by atoms with van der Waals surface area (Å²) in [4.78, 5) is 23.2. The van der Waals surface area contributed by atoms with Gasteiger partial charge in [0.25, 0.3) is 5.91 Å². The number of rotatable bonds is 4. The van der Waals surface area contributed by atoms with Crippen LogP contribution in [0.1, 0.15) is 30.3 Å². The smallest absolute Gasteiger partial charge is 0.280 e. The number of unbranched alkanes of at least 4 members (excludes halogenated alkanes) is 1. The van der Waals surface area contributed by atoms with Gasteiger partial charge in [-0.15, -0.1) is 0 Å². The molecule has 0 saturated carbocycles. The Morgan fingerprint density at radius 2 is 2.05 bits per heavy atom. The van der Waals surface area contributed by atoms with Crippen LogP contribution in [0.3, 0.4) is 0 Å². The zero-order valence-electron chi connectivity index (χ0n) is 10.5. The Hall–Kier alpha value is -2.09. The lowest BCUT2D eigenvalue weighted by Crippen LogP contribution is -2.38. The molecule has 1 rings (SSSR count). The van der Waals surface area contributed by atoms with Crippen molar-refractivity contribution in [3.8, 4) is 0 Å². The fourth-order valence-corrected chi connectivity index (χ4v) is 1.31. The number of amides is 1. The number of halogens is 1. The Morgan fingerprint density at radius 3 is 2.68 bits per heavy atom. The van der Waals surface area contributed by atoms with E-state index in [0.29, 0.717) is 6.54 Å². The number of nitrogens with zero attached hydrogens (tertiary/aromatic N) is 3. The van der Waals surface area contributed by atoms with Gasteiger partial charge in [0.1, 0.15) is 0 Å². The Balaban J connectivity index is 2.78. The number of carbonyl (C=O) groups excluding carboxylic acids is 1. The third-order valence-electron chi connectivity index (χ3n) is 2.16. The molecule has 0 saturated heterocycles. The second-order valence-electron chi connectivity index (χ2n) is 3.71. The molecule has 19 heavy (non-hydrogen) atoms. The first-order chi connectivity index (χ1) is 8.95. The SMILES string of the molecule is CCCCN=C(N)NC(=O)c1nc(Cl)c(N)nc1N. The molecule has 0 spiro atoms. The van der Waals surface area contributed by atoms with Crippen LogP contribution in [0.25, 0.3) is 0 Å². The van der Waals surface area contributed by atoms with Crippen molar-refractivity contribution in [2.45, 2.75) is 19.8 Å². The zero-order valence-corrected chi connectivity index (χ0v) is 11.2. The molecular formula is C10H16ClN7O. The van der Waals surface area contributed by atoms with Gasteiger partial charge in [-0.05, 0) is 6.42 Å². The minimum absolute atomic E-state index is 0.00685. The van der Waals surface area contributed by atoms with E-state index in [4.69, 9.17) is 28.8 Å². The van der Waals surface area contributed by atoms with Gasteiger partial charge >= 0.3 is 0 Å². The maximum absolute atomic E-state index is 11.8. The number of guanidine groups is 1. The summed E-state index contributed by atoms with van der Waals surface area (Å²) in [6.07, 6.45) is 1.86. The molecular weight excluding hydrogens is 270 g/mol. The molecule has 0 aliphatic heterocycles. The van der Waals surface area contributed by atoms with E-state index in [9.17, 15) is 4.79 Å². The number of hydrogen-bond donors (Lipinski definition) is 4. The Morgan fingerprint density at radius 1 is 1.37 bits per heavy atom. The lowest BCUT2D eigenvalue weighted by Gasteiger charge is -2.07. The molecule has 1 amide bonds. The molecule has 8 nitrogen and oxygen atoms in total. The molecule has 0 aliphatic rings. The third-order valence-corrected chi connectivity index (χ3v) is 2.43. The summed E-state index contributed by atoms with van der Waals surface area (Å²) in [6.45, 7) is 2.56. The quantitative estimate of drug-likeness (QED) is 0.352. The summed E-state index contributed by atoms with van der Waals surface area (Å²) in [5.41, 5.74) is 16.3. The number of aromatic nitrogens is 2. The maximum Gasteiger partial charge on any atom is 0.280 e. The van der Waals surface area contributed by atoms with Gasteiger partial charge in [0.05, 0.1) is 0 Å². The average molecular weight is 286 g/mol. The maximum atomic E-state index is 11.8. The minimum Gasteiger partial charge on any atom is -0.382 e. The highest BCUT2D eigenvalue weighted by Crippen LogP contribution is 2.16. The van der Waals surface area contributed by atoms with Crippen LogP contribution < -0.4 is 22.5 Å². The van der Waals surface area contributed by atoms with Crippen molar-refractivity contribution < 1.29 is 4.79 Å². The summed E-state index contributed by atoms with van der Waals surface area (Å²) in [5, 5.41) is 2.25. The van der Waals surface area contributed by atoms with E-state index in [1.807, 2.05) is 6.92 Å². The van der Waals surface area contributed by atoms with Gasteiger partial charge in [0.2, 0.25) is 0 Å². The molecule has 0 bridgehead atoms. The highest BCUT2D eigenvalue weighted by atomic mass is 35.5. The van der Waals surface area contributed by atoms with Crippen LogP contribution in [0.2, 0.25) is 5.15 Å². The Labute approximate surface area is 115 Å². The van der Waals surface area contributed by atoms with Crippen molar-refractivity contribution in [2.75, 3.05) is 18.0 Å². The van der Waals surface area contributed by atoms with Crippen LogP contribution in [0.4, 0.5) is 11.6 Å². The second kappa shape index (κ2) is 6.74. The van der Waals surface area contributed by atoms with Crippen LogP contribution in [-0.4, -0.2) is 28.4 Å². The van der Waals surface area contributed by atoms with Gasteiger partial charge in [-0.2, -0.15) is 0 Å². The van der Waals surface area contributed by atoms with Crippen molar-refractivity contribution >= 4 is 35.1 Å². The van der Waals surface area contributed by atoms with Gasteiger partial charge in [0, 0.05) is 6.54 Å². The van der Waals surface area contributed by atoms with Crippen LogP contribution >= 0.6 is 11.6 Å². The van der Waals surface area contributed by atoms with Crippen LogP contribution in [-0.2, 0) is 0 Å². The zero-order chi connectivity index (χ0) is 14.4. The molecule has 0 fully saturated rings. The summed E-state index contributed by atoms with van der Waals surface area (Å²) in [5.74, 6) is -0.807. The van der Waals surface area contributed by atoms with E-state index in [-0.39, 0.29) is 28.4 Å². The number of hydrogen-bond acceptors (Lipinski definition) is 6. The van der Waals surface area contributed by atoms with E-state index in [1.165, 1.54) is 0 Å². The standard InChI is InChI=1S/C10H16ClN7O/c1-2-3-4-15-10(14)18-9(19)5-7(12)17-8(13)6(11)16-5/h2-4H2,1H3,(H4,12,13,17)(H3,14,15,18,19). The summed E-state index contributed by atoms with van der Waals surface area (Å²) >= 11 is 5.67.